The smallest absolute Gasteiger partial charge is 0.156 e. The molecule has 5 aliphatic rings. The number of fused-ring (bicyclic) bond motifs is 4. The third kappa shape index (κ3) is 4.30. The van der Waals surface area contributed by atoms with Crippen molar-refractivity contribution in [1.29, 1.82) is 0 Å². The van der Waals surface area contributed by atoms with Crippen LogP contribution < -0.4 is 4.74 Å². The van der Waals surface area contributed by atoms with Gasteiger partial charge in [-0.25, -0.2) is 4.39 Å². The molecule has 188 valence electrons. The molecule has 4 aliphatic carbocycles. The molecule has 35 heavy (non-hydrogen) atoms. The lowest BCUT2D eigenvalue weighted by molar-refractivity contribution is -0.114. The maximum atomic E-state index is 15.3. The predicted molar refractivity (Wildman–Crippen MR) is 137 cm³/mol. The lowest BCUT2D eigenvalue weighted by Crippen LogP contribution is -2.44. The van der Waals surface area contributed by atoms with E-state index in [-0.39, 0.29) is 17.1 Å². The number of benzene rings is 1. The van der Waals surface area contributed by atoms with Gasteiger partial charge >= 0.3 is 0 Å². The number of nitrogens with zero attached hydrogens (tertiary/aromatic N) is 1. The number of alkyl halides is 1. The summed E-state index contributed by atoms with van der Waals surface area (Å²) in [7, 11) is 0. The van der Waals surface area contributed by atoms with Crippen LogP contribution in [0.3, 0.4) is 0 Å². The summed E-state index contributed by atoms with van der Waals surface area (Å²) in [5.41, 5.74) is 5.31. The summed E-state index contributed by atoms with van der Waals surface area (Å²) < 4.78 is 21.4. The molecule has 6 rings (SSSR count). The van der Waals surface area contributed by atoms with Crippen molar-refractivity contribution in [2.45, 2.75) is 83.2 Å². The number of allylic oxidation sites excluding steroid dienone is 4. The number of rotatable bonds is 5. The van der Waals surface area contributed by atoms with E-state index in [1.165, 1.54) is 49.1 Å². The third-order valence-electron chi connectivity index (χ3n) is 10.0. The topological polar surface area (TPSA) is 29.5 Å². The van der Waals surface area contributed by atoms with Crippen LogP contribution in [-0.4, -0.2) is 43.1 Å². The summed E-state index contributed by atoms with van der Waals surface area (Å²) in [5, 5.41) is 0. The first kappa shape index (κ1) is 23.5. The van der Waals surface area contributed by atoms with Crippen LogP contribution in [0.5, 0.6) is 5.75 Å². The van der Waals surface area contributed by atoms with Crippen molar-refractivity contribution in [3.8, 4) is 5.75 Å². The Balaban J connectivity index is 1.26. The zero-order valence-electron chi connectivity index (χ0n) is 21.2. The molecule has 1 saturated heterocycles. The van der Waals surface area contributed by atoms with Crippen molar-refractivity contribution in [1.82, 2.24) is 4.90 Å². The summed E-state index contributed by atoms with van der Waals surface area (Å²) in [6.07, 6.45) is 11.3. The minimum Gasteiger partial charge on any atom is -0.492 e. The Hall–Kier alpha value is -1.94. The van der Waals surface area contributed by atoms with E-state index in [9.17, 15) is 4.79 Å². The Morgan fingerprint density at radius 3 is 2.63 bits per heavy atom. The van der Waals surface area contributed by atoms with Gasteiger partial charge in [-0.1, -0.05) is 31.1 Å². The van der Waals surface area contributed by atoms with Crippen molar-refractivity contribution < 1.29 is 13.9 Å². The van der Waals surface area contributed by atoms with E-state index >= 15 is 4.39 Å². The largest absolute Gasteiger partial charge is 0.492 e. The van der Waals surface area contributed by atoms with Crippen LogP contribution in [0, 0.1) is 17.3 Å². The monoisotopic (exact) mass is 477 g/mol. The van der Waals surface area contributed by atoms with Crippen LogP contribution in [0.15, 0.2) is 47.1 Å². The fraction of sp³-hybridized carbons (Fsp3) is 0.645. The molecule has 3 nitrogen and oxygen atoms in total. The lowest BCUT2D eigenvalue weighted by atomic mass is 9.53. The summed E-state index contributed by atoms with van der Waals surface area (Å²) in [4.78, 5) is 14.7. The molecule has 2 saturated carbocycles. The maximum Gasteiger partial charge on any atom is 0.156 e. The molecular formula is C31H40FNO2. The summed E-state index contributed by atoms with van der Waals surface area (Å²) in [6.45, 7) is 6.33. The molecule has 1 aromatic rings. The van der Waals surface area contributed by atoms with Crippen LogP contribution in [0.2, 0.25) is 0 Å². The number of hydrogen-bond acceptors (Lipinski definition) is 3. The van der Waals surface area contributed by atoms with Gasteiger partial charge in [0, 0.05) is 24.3 Å². The van der Waals surface area contributed by atoms with Crippen molar-refractivity contribution in [3.63, 3.8) is 0 Å². The number of carbonyl (C=O) groups excluding carboxylic acids is 1. The number of hydrogen-bond donors (Lipinski definition) is 0. The van der Waals surface area contributed by atoms with E-state index in [1.54, 1.807) is 5.57 Å². The molecule has 3 unspecified atom stereocenters. The highest BCUT2D eigenvalue weighted by Crippen LogP contribution is 2.64. The maximum absolute atomic E-state index is 15.3. The molecule has 0 N–H and O–H groups in total. The Morgan fingerprint density at radius 2 is 1.83 bits per heavy atom. The zero-order chi connectivity index (χ0) is 24.0. The van der Waals surface area contributed by atoms with Crippen LogP contribution in [0.4, 0.5) is 4.39 Å². The molecule has 1 heterocycles. The molecule has 0 amide bonds. The molecule has 1 aliphatic heterocycles. The number of likely N-dealkylation sites (tertiary alicyclic amines) is 1. The highest BCUT2D eigenvalue weighted by molar-refractivity contribution is 5.93. The van der Waals surface area contributed by atoms with E-state index < -0.39 is 6.17 Å². The van der Waals surface area contributed by atoms with E-state index in [0.717, 1.165) is 51.0 Å². The molecule has 0 radical (unpaired) electrons. The zero-order valence-corrected chi connectivity index (χ0v) is 21.2. The second-order valence-corrected chi connectivity index (χ2v) is 11.9. The standard InChI is InChI=1S/C31H40FNO2/c1-31-20-27(21-5-9-24(10-6-21)35-18-17-33-15-3-2-4-16-33)30-25-12-8-23(34)19-22(25)7-11-26(30)28(31)13-14-29(31)32/h5-6,9-10,19,26-29H,2-4,7-8,11-18,20H2,1H3/t26?,27-,28?,29+,31?/m0/s1. The number of piperidine rings is 1. The van der Waals surface area contributed by atoms with Gasteiger partial charge in [-0.2, -0.15) is 0 Å². The van der Waals surface area contributed by atoms with Gasteiger partial charge in [0.25, 0.3) is 0 Å². The minimum atomic E-state index is -0.705. The van der Waals surface area contributed by atoms with Crippen LogP contribution in [-0.2, 0) is 4.79 Å². The van der Waals surface area contributed by atoms with Crippen LogP contribution >= 0.6 is 0 Å². The van der Waals surface area contributed by atoms with Crippen molar-refractivity contribution in [3.05, 3.63) is 52.6 Å². The Morgan fingerprint density at radius 1 is 1.03 bits per heavy atom. The number of ketones is 1. The third-order valence-corrected chi connectivity index (χ3v) is 10.0. The fourth-order valence-corrected chi connectivity index (χ4v) is 8.17. The van der Waals surface area contributed by atoms with E-state index in [0.29, 0.717) is 24.7 Å². The van der Waals surface area contributed by atoms with Crippen LogP contribution in [0.1, 0.15) is 82.6 Å². The first-order valence-electron chi connectivity index (χ1n) is 14.1. The fourth-order valence-electron chi connectivity index (χ4n) is 8.17. The molecule has 5 atom stereocenters. The number of halogens is 1. The average molecular weight is 478 g/mol. The Labute approximate surface area is 209 Å². The molecule has 4 heteroatoms. The molecule has 1 aromatic carbocycles. The van der Waals surface area contributed by atoms with Crippen molar-refractivity contribution >= 4 is 5.78 Å². The van der Waals surface area contributed by atoms with Crippen molar-refractivity contribution in [2.24, 2.45) is 17.3 Å². The van der Waals surface area contributed by atoms with Gasteiger partial charge in [0.2, 0.25) is 0 Å². The second kappa shape index (κ2) is 9.50. The molecule has 0 spiro atoms. The molecular weight excluding hydrogens is 437 g/mol. The van der Waals surface area contributed by atoms with Gasteiger partial charge in [0.05, 0.1) is 0 Å². The normalized spacial score (nSPS) is 35.3. The summed E-state index contributed by atoms with van der Waals surface area (Å²) >= 11 is 0. The highest BCUT2D eigenvalue weighted by Gasteiger charge is 2.57. The lowest BCUT2D eigenvalue weighted by Gasteiger charge is -2.51. The van der Waals surface area contributed by atoms with Gasteiger partial charge in [-0.05, 0) is 111 Å². The van der Waals surface area contributed by atoms with Gasteiger partial charge in [-0.15, -0.1) is 0 Å². The van der Waals surface area contributed by atoms with Crippen molar-refractivity contribution in [2.75, 3.05) is 26.2 Å². The molecule has 0 aromatic heterocycles. The van der Waals surface area contributed by atoms with E-state index in [2.05, 4.69) is 36.1 Å². The first-order valence-corrected chi connectivity index (χ1v) is 14.1. The minimum absolute atomic E-state index is 0.241. The van der Waals surface area contributed by atoms with Gasteiger partial charge in [0.15, 0.2) is 5.78 Å². The summed E-state index contributed by atoms with van der Waals surface area (Å²) in [5.74, 6) is 2.34. The Bertz CT molecular complexity index is 1020. The average Bonchev–Trinajstić information content (AvgIpc) is 3.18. The second-order valence-electron chi connectivity index (χ2n) is 11.9. The molecule has 0 bridgehead atoms. The van der Waals surface area contributed by atoms with E-state index in [1.807, 2.05) is 6.08 Å². The summed E-state index contributed by atoms with van der Waals surface area (Å²) in [6, 6.07) is 8.68. The van der Waals surface area contributed by atoms with Crippen LogP contribution in [0.25, 0.3) is 0 Å². The van der Waals surface area contributed by atoms with Gasteiger partial charge in [0.1, 0.15) is 18.5 Å². The van der Waals surface area contributed by atoms with Gasteiger partial charge < -0.3 is 4.74 Å². The predicted octanol–water partition coefficient (Wildman–Crippen LogP) is 6.79. The SMILES string of the molecule is CC12C[C@@H](c3ccc(OCCN4CCCCC4)cc3)C3=C4CCC(=O)C=C4CCC3C1CC[C@H]2F. The highest BCUT2D eigenvalue weighted by atomic mass is 19.1. The quantitative estimate of drug-likeness (QED) is 0.468. The van der Waals surface area contributed by atoms with E-state index in [4.69, 9.17) is 4.74 Å². The molecule has 3 fully saturated rings. The number of ether oxygens (including phenoxy) is 1. The van der Waals surface area contributed by atoms with Gasteiger partial charge in [-0.3, -0.25) is 9.69 Å². The Kier molecular flexibility index (Phi) is 6.37. The number of carbonyl (C=O) groups is 1. The first-order chi connectivity index (χ1) is 17.0.